The van der Waals surface area contributed by atoms with Crippen molar-refractivity contribution in [2.45, 2.75) is 6.92 Å². The maximum absolute atomic E-state index is 5.14. The van der Waals surface area contributed by atoms with Crippen molar-refractivity contribution >= 4 is 49.5 Å². The van der Waals surface area contributed by atoms with E-state index in [0.29, 0.717) is 0 Å². The highest BCUT2D eigenvalue weighted by molar-refractivity contribution is 9.10. The van der Waals surface area contributed by atoms with Crippen LogP contribution < -0.4 is 0 Å². The van der Waals surface area contributed by atoms with E-state index in [2.05, 4.69) is 94.8 Å². The Morgan fingerprint density at radius 2 is 1.40 bits per heavy atom. The van der Waals surface area contributed by atoms with Gasteiger partial charge in [0.1, 0.15) is 0 Å². The fourth-order valence-electron chi connectivity index (χ4n) is 4.68. The Morgan fingerprint density at radius 1 is 0.743 bits per heavy atom. The van der Waals surface area contributed by atoms with Gasteiger partial charge in [0.05, 0.1) is 11.4 Å². The molecule has 0 spiro atoms. The van der Waals surface area contributed by atoms with Crippen molar-refractivity contribution < 1.29 is 0 Å². The van der Waals surface area contributed by atoms with Crippen LogP contribution in [0.15, 0.2) is 119 Å². The summed E-state index contributed by atoms with van der Waals surface area (Å²) in [5.41, 5.74) is 5.12. The Morgan fingerprint density at radius 3 is 2.09 bits per heavy atom. The lowest BCUT2D eigenvalue weighted by Gasteiger charge is -2.09. The van der Waals surface area contributed by atoms with Gasteiger partial charge in [0.2, 0.25) is 0 Å². The van der Waals surface area contributed by atoms with Crippen molar-refractivity contribution in [3.05, 3.63) is 125 Å². The van der Waals surface area contributed by atoms with Crippen LogP contribution in [0.4, 0.5) is 5.82 Å². The molecule has 0 bridgehead atoms. The van der Waals surface area contributed by atoms with Crippen LogP contribution in [0.5, 0.6) is 0 Å². The molecule has 0 aliphatic heterocycles. The lowest BCUT2D eigenvalue weighted by Crippen LogP contribution is -1.96. The topological polar surface area (TPSA) is 30.2 Å². The molecular weight excluding hydrogens is 494 g/mol. The first-order valence-electron chi connectivity index (χ1n) is 11.5. The molecule has 0 saturated carbocycles. The first kappa shape index (κ1) is 21.5. The third-order valence-corrected chi connectivity index (χ3v) is 6.77. The predicted molar refractivity (Wildman–Crippen MR) is 150 cm³/mol. The molecule has 0 saturated heterocycles. The van der Waals surface area contributed by atoms with Crippen LogP contribution in [-0.4, -0.2) is 16.0 Å². The zero-order valence-corrected chi connectivity index (χ0v) is 20.8. The van der Waals surface area contributed by atoms with Crippen LogP contribution in [0.3, 0.4) is 0 Å². The monoisotopic (exact) mass is 515 g/mol. The molecule has 0 amide bonds. The van der Waals surface area contributed by atoms with Crippen LogP contribution in [0.2, 0.25) is 0 Å². The summed E-state index contributed by atoms with van der Waals surface area (Å²) in [5.74, 6) is 0.809. The van der Waals surface area contributed by atoms with E-state index in [9.17, 15) is 0 Å². The molecule has 3 nitrogen and oxygen atoms in total. The third kappa shape index (κ3) is 3.96. The van der Waals surface area contributed by atoms with E-state index in [4.69, 9.17) is 10.1 Å². The molecule has 6 aromatic rings. The van der Waals surface area contributed by atoms with Gasteiger partial charge in [-0.15, -0.1) is 0 Å². The van der Waals surface area contributed by atoms with Gasteiger partial charge in [-0.3, -0.25) is 0 Å². The van der Waals surface area contributed by atoms with Crippen molar-refractivity contribution in [3.63, 3.8) is 0 Å². The first-order valence-corrected chi connectivity index (χ1v) is 12.3. The quantitative estimate of drug-likeness (QED) is 0.170. The fraction of sp³-hybridized carbons (Fsp3) is 0.0323. The molecule has 4 heteroatoms. The summed E-state index contributed by atoms with van der Waals surface area (Å²) in [7, 11) is 0. The number of halogens is 1. The molecule has 0 N–H and O–H groups in total. The van der Waals surface area contributed by atoms with Crippen molar-refractivity contribution in [2.75, 3.05) is 0 Å². The summed E-state index contributed by atoms with van der Waals surface area (Å²) in [6.07, 6.45) is 2.00. The summed E-state index contributed by atoms with van der Waals surface area (Å²) in [5, 5.41) is 9.68. The first-order chi connectivity index (χ1) is 17.2. The molecular formula is C31H22BrN3. The number of hydrogen-bond acceptors (Lipinski definition) is 2. The highest BCUT2D eigenvalue weighted by atomic mass is 79.9. The maximum Gasteiger partial charge on any atom is 0.163 e. The van der Waals surface area contributed by atoms with Crippen molar-refractivity contribution in [1.29, 1.82) is 0 Å². The zero-order chi connectivity index (χ0) is 23.8. The van der Waals surface area contributed by atoms with Crippen LogP contribution in [-0.2, 0) is 0 Å². The normalized spacial score (nSPS) is 11.6. The lowest BCUT2D eigenvalue weighted by atomic mass is 9.97. The van der Waals surface area contributed by atoms with Gasteiger partial charge in [0.25, 0.3) is 0 Å². The number of aryl methyl sites for hydroxylation is 1. The highest BCUT2D eigenvalue weighted by Gasteiger charge is 2.18. The summed E-state index contributed by atoms with van der Waals surface area (Å²) in [6.45, 7) is 2.04. The van der Waals surface area contributed by atoms with E-state index in [1.807, 2.05) is 48.2 Å². The number of benzene rings is 5. The van der Waals surface area contributed by atoms with E-state index in [-0.39, 0.29) is 0 Å². The predicted octanol–water partition coefficient (Wildman–Crippen LogP) is 8.67. The van der Waals surface area contributed by atoms with Gasteiger partial charge >= 0.3 is 0 Å². The largest absolute Gasteiger partial charge is 0.236 e. The Kier molecular flexibility index (Phi) is 5.51. The number of hydrogen-bond donors (Lipinski definition) is 0. The van der Waals surface area contributed by atoms with Gasteiger partial charge < -0.3 is 0 Å². The van der Waals surface area contributed by atoms with E-state index >= 15 is 0 Å². The van der Waals surface area contributed by atoms with Crippen LogP contribution in [0.25, 0.3) is 38.4 Å². The lowest BCUT2D eigenvalue weighted by molar-refractivity contribution is 0.863. The smallest absolute Gasteiger partial charge is 0.163 e. The Labute approximate surface area is 212 Å². The zero-order valence-electron chi connectivity index (χ0n) is 19.2. The standard InChI is InChI=1S/C31H22BrN3/c1-21-30(24-12-9-13-25(32)19-24)31(35(34-21)26-14-3-2-4-15-26)33-20-29-27-16-7-5-10-22(27)18-23-11-6-8-17-28(23)29/h2-20H,1H3. The SMILES string of the molecule is Cc1nn(-c2ccccc2)c(N=Cc2c3ccccc3cc3ccccc23)c1-c1cccc(Br)c1. The van der Waals surface area contributed by atoms with Gasteiger partial charge in [-0.05, 0) is 64.4 Å². The molecule has 6 rings (SSSR count). The van der Waals surface area contributed by atoms with Gasteiger partial charge in [-0.25, -0.2) is 9.67 Å². The average molecular weight is 516 g/mol. The molecule has 1 heterocycles. The third-order valence-electron chi connectivity index (χ3n) is 6.28. The molecule has 1 aromatic heterocycles. The van der Waals surface area contributed by atoms with Crippen molar-refractivity contribution in [2.24, 2.45) is 4.99 Å². The number of rotatable bonds is 4. The summed E-state index contributed by atoms with van der Waals surface area (Å²) < 4.78 is 2.96. The molecule has 0 fully saturated rings. The number of nitrogens with zero attached hydrogens (tertiary/aromatic N) is 3. The fourth-order valence-corrected chi connectivity index (χ4v) is 5.08. The van der Waals surface area contributed by atoms with Crippen LogP contribution in [0.1, 0.15) is 11.3 Å². The maximum atomic E-state index is 5.14. The molecule has 0 radical (unpaired) electrons. The van der Waals surface area contributed by atoms with Crippen molar-refractivity contribution in [1.82, 2.24) is 9.78 Å². The second-order valence-electron chi connectivity index (χ2n) is 8.53. The van der Waals surface area contributed by atoms with Crippen molar-refractivity contribution in [3.8, 4) is 16.8 Å². The van der Waals surface area contributed by atoms with E-state index in [0.717, 1.165) is 38.4 Å². The van der Waals surface area contributed by atoms with Gasteiger partial charge in [0, 0.05) is 21.8 Å². The second-order valence-corrected chi connectivity index (χ2v) is 9.45. The molecule has 0 aliphatic rings. The summed E-state index contributed by atoms with van der Waals surface area (Å²) >= 11 is 3.62. The number of para-hydroxylation sites is 1. The van der Waals surface area contributed by atoms with E-state index in [1.54, 1.807) is 0 Å². The highest BCUT2D eigenvalue weighted by Crippen LogP contribution is 2.37. The Bertz CT molecular complexity index is 1660. The summed E-state index contributed by atoms with van der Waals surface area (Å²) in [6, 6.07) is 37.7. The van der Waals surface area contributed by atoms with Gasteiger partial charge in [-0.1, -0.05) is 94.8 Å². The molecule has 0 aliphatic carbocycles. The average Bonchev–Trinajstić information content (AvgIpc) is 3.23. The Balaban J connectivity index is 1.62. The van der Waals surface area contributed by atoms with Crippen LogP contribution in [0, 0.1) is 6.92 Å². The molecule has 5 aromatic carbocycles. The molecule has 168 valence electrons. The molecule has 0 unspecified atom stereocenters. The second kappa shape index (κ2) is 8.97. The summed E-state index contributed by atoms with van der Waals surface area (Å²) in [4.78, 5) is 5.14. The Hall–Kier alpha value is -4.02. The van der Waals surface area contributed by atoms with Gasteiger partial charge in [0.15, 0.2) is 5.82 Å². The molecule has 0 atom stereocenters. The number of aliphatic imine (C=N–C) groups is 1. The van der Waals surface area contributed by atoms with E-state index < -0.39 is 0 Å². The van der Waals surface area contributed by atoms with Gasteiger partial charge in [-0.2, -0.15) is 5.10 Å². The van der Waals surface area contributed by atoms with Crippen LogP contribution >= 0.6 is 15.9 Å². The number of aromatic nitrogens is 2. The minimum atomic E-state index is 0.809. The van der Waals surface area contributed by atoms with E-state index in [1.165, 1.54) is 21.5 Å². The number of fused-ring (bicyclic) bond motifs is 2. The molecule has 35 heavy (non-hydrogen) atoms. The minimum absolute atomic E-state index is 0.809. The minimum Gasteiger partial charge on any atom is -0.236 e.